The molecular formula is C10H13N3O5. The number of nitrogens with one attached hydrogen (secondary N) is 2. The minimum atomic E-state index is -1.21. The molecule has 1 aromatic heterocycles. The normalized spacial score (nSPS) is 11.8. The van der Waals surface area contributed by atoms with Gasteiger partial charge in [-0.25, -0.2) is 4.79 Å². The third-order valence-electron chi connectivity index (χ3n) is 2.33. The second-order valence-corrected chi connectivity index (χ2v) is 3.76. The Morgan fingerprint density at radius 3 is 2.61 bits per heavy atom. The highest BCUT2D eigenvalue weighted by Crippen LogP contribution is 2.02. The number of amides is 1. The topological polar surface area (TPSA) is 132 Å². The number of carbonyl (C=O) groups is 3. The number of hydrogen-bond acceptors (Lipinski definition) is 4. The summed E-state index contributed by atoms with van der Waals surface area (Å²) < 4.78 is 0. The van der Waals surface area contributed by atoms with Gasteiger partial charge in [0.1, 0.15) is 5.69 Å². The highest BCUT2D eigenvalue weighted by molar-refractivity contribution is 5.95. The van der Waals surface area contributed by atoms with Crippen LogP contribution in [-0.4, -0.2) is 44.8 Å². The first-order valence-electron chi connectivity index (χ1n) is 5.21. The Hall–Kier alpha value is -2.38. The molecule has 0 bridgehead atoms. The predicted octanol–water partition coefficient (Wildman–Crippen LogP) is -0.0515. The van der Waals surface area contributed by atoms with Gasteiger partial charge in [-0.3, -0.25) is 14.7 Å². The number of nitrogens with zero attached hydrogens (tertiary/aromatic N) is 1. The van der Waals surface area contributed by atoms with Crippen LogP contribution in [0.3, 0.4) is 0 Å². The van der Waals surface area contributed by atoms with Crippen LogP contribution in [0.1, 0.15) is 34.3 Å². The Morgan fingerprint density at radius 2 is 2.11 bits per heavy atom. The van der Waals surface area contributed by atoms with Crippen LogP contribution in [0.15, 0.2) is 6.07 Å². The number of aliphatic carboxylic acids is 1. The zero-order valence-corrected chi connectivity index (χ0v) is 9.64. The van der Waals surface area contributed by atoms with Crippen LogP contribution in [0.4, 0.5) is 0 Å². The van der Waals surface area contributed by atoms with Crippen LogP contribution < -0.4 is 5.32 Å². The third-order valence-corrected chi connectivity index (χ3v) is 2.33. The number of carboxylic acids is 2. The second-order valence-electron chi connectivity index (χ2n) is 3.76. The van der Waals surface area contributed by atoms with Gasteiger partial charge < -0.3 is 15.5 Å². The van der Waals surface area contributed by atoms with Crippen molar-refractivity contribution in [3.8, 4) is 0 Å². The number of aromatic carboxylic acids is 1. The molecular weight excluding hydrogens is 242 g/mol. The van der Waals surface area contributed by atoms with E-state index in [1.54, 1.807) is 0 Å². The fourth-order valence-electron chi connectivity index (χ4n) is 1.16. The standard InChI is InChI=1S/C10H13N3O5/c1-5(9(15)16)2-3-11-8(14)6-4-7(10(17)18)13-12-6/h4-5H,2-3H2,1H3,(H,11,14)(H,12,13)(H,15,16)(H,17,18)/t5-/m1/s1. The Labute approximate surface area is 102 Å². The average molecular weight is 255 g/mol. The van der Waals surface area contributed by atoms with Crippen molar-refractivity contribution in [1.29, 1.82) is 0 Å². The molecule has 0 saturated heterocycles. The van der Waals surface area contributed by atoms with Crippen molar-refractivity contribution in [1.82, 2.24) is 15.5 Å². The molecule has 0 unspecified atom stereocenters. The van der Waals surface area contributed by atoms with E-state index < -0.39 is 23.8 Å². The Bertz CT molecular complexity index is 468. The first kappa shape index (κ1) is 13.7. The molecule has 1 heterocycles. The van der Waals surface area contributed by atoms with E-state index in [1.165, 1.54) is 6.92 Å². The Kier molecular flexibility index (Phi) is 4.41. The minimum absolute atomic E-state index is 0.0459. The minimum Gasteiger partial charge on any atom is -0.481 e. The number of H-pyrrole nitrogens is 1. The molecule has 0 aliphatic carbocycles. The lowest BCUT2D eigenvalue weighted by Gasteiger charge is -2.06. The van der Waals surface area contributed by atoms with E-state index in [0.717, 1.165) is 6.07 Å². The van der Waals surface area contributed by atoms with Gasteiger partial charge in [0.05, 0.1) is 5.92 Å². The number of hydrogen-bond donors (Lipinski definition) is 4. The number of carbonyl (C=O) groups excluding carboxylic acids is 1. The first-order chi connectivity index (χ1) is 8.41. The maximum absolute atomic E-state index is 11.5. The van der Waals surface area contributed by atoms with Gasteiger partial charge in [-0.15, -0.1) is 0 Å². The molecule has 0 saturated carbocycles. The third kappa shape index (κ3) is 3.58. The van der Waals surface area contributed by atoms with Gasteiger partial charge in [0.2, 0.25) is 0 Å². The molecule has 4 N–H and O–H groups in total. The van der Waals surface area contributed by atoms with Crippen LogP contribution in [-0.2, 0) is 4.79 Å². The lowest BCUT2D eigenvalue weighted by atomic mass is 10.1. The fraction of sp³-hybridized carbons (Fsp3) is 0.400. The van der Waals surface area contributed by atoms with E-state index in [9.17, 15) is 14.4 Å². The summed E-state index contributed by atoms with van der Waals surface area (Å²) in [6.07, 6.45) is 0.289. The summed E-state index contributed by atoms with van der Waals surface area (Å²) in [5.41, 5.74) is -0.227. The second kappa shape index (κ2) is 5.80. The highest BCUT2D eigenvalue weighted by Gasteiger charge is 2.15. The predicted molar refractivity (Wildman–Crippen MR) is 59.3 cm³/mol. The van der Waals surface area contributed by atoms with E-state index in [4.69, 9.17) is 10.2 Å². The molecule has 98 valence electrons. The summed E-state index contributed by atoms with van der Waals surface area (Å²) in [7, 11) is 0. The fourth-order valence-corrected chi connectivity index (χ4v) is 1.16. The van der Waals surface area contributed by atoms with Crippen molar-refractivity contribution in [2.45, 2.75) is 13.3 Å². The summed E-state index contributed by atoms with van der Waals surface area (Å²) in [5, 5.41) is 25.4. The van der Waals surface area contributed by atoms with Gasteiger partial charge in [0, 0.05) is 12.6 Å². The van der Waals surface area contributed by atoms with Gasteiger partial charge in [-0.1, -0.05) is 6.92 Å². The van der Waals surface area contributed by atoms with E-state index in [0.29, 0.717) is 0 Å². The lowest BCUT2D eigenvalue weighted by molar-refractivity contribution is -0.141. The van der Waals surface area contributed by atoms with Gasteiger partial charge in [-0.2, -0.15) is 5.10 Å². The molecule has 1 amide bonds. The number of aromatic nitrogens is 2. The molecule has 18 heavy (non-hydrogen) atoms. The Morgan fingerprint density at radius 1 is 1.44 bits per heavy atom. The first-order valence-corrected chi connectivity index (χ1v) is 5.21. The van der Waals surface area contributed by atoms with Crippen LogP contribution >= 0.6 is 0 Å². The van der Waals surface area contributed by atoms with Crippen molar-refractivity contribution < 1.29 is 24.6 Å². The largest absolute Gasteiger partial charge is 0.481 e. The highest BCUT2D eigenvalue weighted by atomic mass is 16.4. The number of carboxylic acid groups (broad SMARTS) is 2. The van der Waals surface area contributed by atoms with E-state index >= 15 is 0 Å². The van der Waals surface area contributed by atoms with Crippen LogP contribution in [0.5, 0.6) is 0 Å². The summed E-state index contributed by atoms with van der Waals surface area (Å²) in [6, 6.07) is 1.11. The van der Waals surface area contributed by atoms with Crippen molar-refractivity contribution in [2.24, 2.45) is 5.92 Å². The quantitative estimate of drug-likeness (QED) is 0.563. The monoisotopic (exact) mass is 255 g/mol. The molecule has 1 rings (SSSR count). The molecule has 0 radical (unpaired) electrons. The molecule has 0 aromatic carbocycles. The van der Waals surface area contributed by atoms with Crippen LogP contribution in [0, 0.1) is 5.92 Å². The Balaban J connectivity index is 2.45. The summed E-state index contributed by atoms with van der Waals surface area (Å²) in [5.74, 6) is -3.24. The zero-order valence-electron chi connectivity index (χ0n) is 9.64. The molecule has 8 heteroatoms. The SMILES string of the molecule is C[C@H](CCNC(=O)c1cc(C(=O)O)[nH]n1)C(=O)O. The van der Waals surface area contributed by atoms with E-state index in [1.807, 2.05) is 0 Å². The number of rotatable bonds is 6. The van der Waals surface area contributed by atoms with Gasteiger partial charge >= 0.3 is 11.9 Å². The average Bonchev–Trinajstić information content (AvgIpc) is 2.77. The van der Waals surface area contributed by atoms with Crippen molar-refractivity contribution in [3.05, 3.63) is 17.5 Å². The van der Waals surface area contributed by atoms with Crippen molar-refractivity contribution in [3.63, 3.8) is 0 Å². The van der Waals surface area contributed by atoms with Gasteiger partial charge in [0.25, 0.3) is 5.91 Å². The summed E-state index contributed by atoms with van der Waals surface area (Å²) in [4.78, 5) is 32.6. The van der Waals surface area contributed by atoms with Gasteiger partial charge in [-0.05, 0) is 6.42 Å². The maximum Gasteiger partial charge on any atom is 0.353 e. The van der Waals surface area contributed by atoms with Crippen molar-refractivity contribution in [2.75, 3.05) is 6.54 Å². The lowest BCUT2D eigenvalue weighted by Crippen LogP contribution is -2.27. The molecule has 8 nitrogen and oxygen atoms in total. The smallest absolute Gasteiger partial charge is 0.353 e. The van der Waals surface area contributed by atoms with Crippen LogP contribution in [0.25, 0.3) is 0 Å². The number of aromatic amines is 1. The summed E-state index contributed by atoms with van der Waals surface area (Å²) in [6.45, 7) is 1.72. The van der Waals surface area contributed by atoms with E-state index in [2.05, 4.69) is 15.5 Å². The summed E-state index contributed by atoms with van der Waals surface area (Å²) >= 11 is 0. The van der Waals surface area contributed by atoms with Gasteiger partial charge in [0.15, 0.2) is 5.69 Å². The molecule has 1 aromatic rings. The molecule has 1 atom stereocenters. The molecule has 0 fully saturated rings. The van der Waals surface area contributed by atoms with Crippen LogP contribution in [0.2, 0.25) is 0 Å². The maximum atomic E-state index is 11.5. The van der Waals surface area contributed by atoms with Crippen molar-refractivity contribution >= 4 is 17.8 Å². The van der Waals surface area contributed by atoms with E-state index in [-0.39, 0.29) is 24.4 Å². The molecule has 0 aliphatic heterocycles. The molecule has 0 aliphatic rings. The molecule has 0 spiro atoms. The zero-order chi connectivity index (χ0) is 13.7.